The number of hydrogen-bond donors (Lipinski definition) is 2. The zero-order chi connectivity index (χ0) is 11.5. The summed E-state index contributed by atoms with van der Waals surface area (Å²) in [6, 6.07) is 7.85. The minimum absolute atomic E-state index is 0.175. The molecule has 0 fully saturated rings. The number of hydrogen-bond acceptors (Lipinski definition) is 3. The Bertz CT molecular complexity index is 482. The Morgan fingerprint density at radius 3 is 2.75 bits per heavy atom. The van der Waals surface area contributed by atoms with E-state index in [0.717, 1.165) is 29.8 Å². The zero-order valence-electron chi connectivity index (χ0n) is 9.30. The average molecular weight is 218 g/mol. The summed E-state index contributed by atoms with van der Waals surface area (Å²) in [5.41, 5.74) is 1.96. The summed E-state index contributed by atoms with van der Waals surface area (Å²) in [7, 11) is -1.34. The average Bonchev–Trinajstić information content (AvgIpc) is 2.57. The molecule has 0 aliphatic carbocycles. The summed E-state index contributed by atoms with van der Waals surface area (Å²) in [5.74, 6) is 0.734. The van der Waals surface area contributed by atoms with Crippen molar-refractivity contribution in [3.05, 3.63) is 30.1 Å². The summed E-state index contributed by atoms with van der Waals surface area (Å²) >= 11 is 0. The van der Waals surface area contributed by atoms with Gasteiger partial charge in [0.2, 0.25) is 0 Å². The Labute approximate surface area is 94.7 Å². The van der Waals surface area contributed by atoms with Gasteiger partial charge in [0.05, 0.1) is 11.0 Å². The van der Waals surface area contributed by atoms with Crippen molar-refractivity contribution in [2.45, 2.75) is 26.2 Å². The summed E-state index contributed by atoms with van der Waals surface area (Å²) in [5, 5.41) is 18.1. The van der Waals surface area contributed by atoms with Crippen LogP contribution in [0.25, 0.3) is 11.0 Å². The molecule has 2 aromatic rings. The molecular weight excluding hydrogens is 203 g/mol. The number of benzene rings is 1. The zero-order valence-corrected chi connectivity index (χ0v) is 9.30. The lowest BCUT2D eigenvalue weighted by Crippen LogP contribution is -2.19. The molecule has 0 amide bonds. The van der Waals surface area contributed by atoms with E-state index in [1.807, 2.05) is 24.3 Å². The predicted octanol–water partition coefficient (Wildman–Crippen LogP) is 1.00. The molecule has 1 aromatic heterocycles. The van der Waals surface area contributed by atoms with E-state index in [2.05, 4.69) is 16.5 Å². The lowest BCUT2D eigenvalue weighted by atomic mass is 9.86. The molecule has 2 N–H and O–H groups in total. The van der Waals surface area contributed by atoms with Gasteiger partial charge in [0, 0.05) is 12.9 Å². The molecular formula is C11H15BN2O2. The molecule has 84 valence electrons. The molecule has 16 heavy (non-hydrogen) atoms. The SMILES string of the molecule is CCCn1c(CB(O)O)nc2ccccc21. The Morgan fingerprint density at radius 2 is 2.06 bits per heavy atom. The van der Waals surface area contributed by atoms with E-state index < -0.39 is 7.12 Å². The number of imidazole rings is 1. The Hall–Kier alpha value is -1.33. The van der Waals surface area contributed by atoms with Crippen LogP contribution in [0.15, 0.2) is 24.3 Å². The van der Waals surface area contributed by atoms with Crippen LogP contribution in [0.4, 0.5) is 0 Å². The fraction of sp³-hybridized carbons (Fsp3) is 0.364. The Balaban J connectivity index is 2.49. The third-order valence-corrected chi connectivity index (χ3v) is 2.55. The summed E-state index contributed by atoms with van der Waals surface area (Å²) in [6.45, 7) is 2.94. The maximum Gasteiger partial charge on any atom is 0.459 e. The van der Waals surface area contributed by atoms with E-state index in [0.29, 0.717) is 0 Å². The third kappa shape index (κ3) is 2.10. The standard InChI is InChI=1S/C11H15BN2O2/c1-2-7-14-10-6-4-3-5-9(10)13-11(14)8-12(15)16/h3-6,15-16H,2,7-8H2,1H3. The van der Waals surface area contributed by atoms with Crippen molar-refractivity contribution in [3.63, 3.8) is 0 Å². The largest absolute Gasteiger partial charge is 0.459 e. The van der Waals surface area contributed by atoms with Crippen molar-refractivity contribution in [3.8, 4) is 0 Å². The molecule has 0 saturated heterocycles. The van der Waals surface area contributed by atoms with Crippen molar-refractivity contribution < 1.29 is 10.0 Å². The van der Waals surface area contributed by atoms with Crippen LogP contribution in [0.5, 0.6) is 0 Å². The van der Waals surface area contributed by atoms with Gasteiger partial charge in [-0.15, -0.1) is 0 Å². The van der Waals surface area contributed by atoms with E-state index >= 15 is 0 Å². The van der Waals surface area contributed by atoms with Gasteiger partial charge in [-0.05, 0) is 18.6 Å². The van der Waals surface area contributed by atoms with Crippen molar-refractivity contribution in [2.24, 2.45) is 0 Å². The highest BCUT2D eigenvalue weighted by molar-refractivity contribution is 6.40. The van der Waals surface area contributed by atoms with Crippen LogP contribution in [0, 0.1) is 0 Å². The molecule has 0 radical (unpaired) electrons. The molecule has 1 heterocycles. The van der Waals surface area contributed by atoms with Gasteiger partial charge in [-0.25, -0.2) is 4.98 Å². The highest BCUT2D eigenvalue weighted by Crippen LogP contribution is 2.17. The van der Waals surface area contributed by atoms with Gasteiger partial charge in [-0.3, -0.25) is 0 Å². The Kier molecular flexibility index (Phi) is 3.26. The van der Waals surface area contributed by atoms with Gasteiger partial charge in [-0.1, -0.05) is 19.1 Å². The molecule has 0 unspecified atom stereocenters. The first-order valence-electron chi connectivity index (χ1n) is 5.52. The quantitative estimate of drug-likeness (QED) is 0.752. The first-order chi connectivity index (χ1) is 7.72. The molecule has 1 aromatic carbocycles. The second-order valence-electron chi connectivity index (χ2n) is 3.85. The van der Waals surface area contributed by atoms with Crippen LogP contribution < -0.4 is 0 Å². The van der Waals surface area contributed by atoms with E-state index in [1.165, 1.54) is 0 Å². The summed E-state index contributed by atoms with van der Waals surface area (Å²) in [6.07, 6.45) is 1.17. The number of para-hydroxylation sites is 2. The lowest BCUT2D eigenvalue weighted by molar-refractivity contribution is 0.402. The molecule has 0 atom stereocenters. The van der Waals surface area contributed by atoms with Crippen LogP contribution >= 0.6 is 0 Å². The number of aromatic nitrogens is 2. The first-order valence-corrected chi connectivity index (χ1v) is 5.52. The number of fused-ring (bicyclic) bond motifs is 1. The minimum atomic E-state index is -1.34. The second kappa shape index (κ2) is 4.68. The maximum absolute atomic E-state index is 9.03. The molecule has 0 bridgehead atoms. The van der Waals surface area contributed by atoms with Crippen molar-refractivity contribution in [2.75, 3.05) is 0 Å². The molecule has 5 heteroatoms. The van der Waals surface area contributed by atoms with Gasteiger partial charge >= 0.3 is 7.12 Å². The van der Waals surface area contributed by atoms with Gasteiger partial charge in [0.15, 0.2) is 0 Å². The van der Waals surface area contributed by atoms with Crippen LogP contribution in [0.1, 0.15) is 19.2 Å². The summed E-state index contributed by atoms with van der Waals surface area (Å²) < 4.78 is 2.05. The third-order valence-electron chi connectivity index (χ3n) is 2.55. The predicted molar refractivity (Wildman–Crippen MR) is 63.9 cm³/mol. The van der Waals surface area contributed by atoms with E-state index in [4.69, 9.17) is 10.0 Å². The van der Waals surface area contributed by atoms with E-state index in [9.17, 15) is 0 Å². The van der Waals surface area contributed by atoms with E-state index in [1.54, 1.807) is 0 Å². The highest BCUT2D eigenvalue weighted by atomic mass is 16.4. The van der Waals surface area contributed by atoms with Gasteiger partial charge in [-0.2, -0.15) is 0 Å². The Morgan fingerprint density at radius 1 is 1.31 bits per heavy atom. The number of nitrogens with zero attached hydrogens (tertiary/aromatic N) is 2. The maximum atomic E-state index is 9.03. The molecule has 0 aliphatic rings. The van der Waals surface area contributed by atoms with Gasteiger partial charge in [0.25, 0.3) is 0 Å². The monoisotopic (exact) mass is 218 g/mol. The fourth-order valence-corrected chi connectivity index (χ4v) is 1.92. The number of rotatable bonds is 4. The van der Waals surface area contributed by atoms with Gasteiger partial charge < -0.3 is 14.6 Å². The van der Waals surface area contributed by atoms with Crippen LogP contribution in [0.3, 0.4) is 0 Å². The second-order valence-corrected chi connectivity index (χ2v) is 3.85. The highest BCUT2D eigenvalue weighted by Gasteiger charge is 2.15. The normalized spacial score (nSPS) is 10.9. The van der Waals surface area contributed by atoms with Crippen LogP contribution in [-0.4, -0.2) is 26.7 Å². The molecule has 4 nitrogen and oxygen atoms in total. The van der Waals surface area contributed by atoms with Crippen molar-refractivity contribution in [1.29, 1.82) is 0 Å². The minimum Gasteiger partial charge on any atom is -0.427 e. The molecule has 0 aliphatic heterocycles. The first kappa shape index (κ1) is 11.2. The lowest BCUT2D eigenvalue weighted by Gasteiger charge is -2.06. The van der Waals surface area contributed by atoms with Gasteiger partial charge in [0.1, 0.15) is 5.82 Å². The van der Waals surface area contributed by atoms with Crippen LogP contribution in [0.2, 0.25) is 0 Å². The summed E-state index contributed by atoms with van der Waals surface area (Å²) in [4.78, 5) is 4.41. The van der Waals surface area contributed by atoms with Crippen molar-refractivity contribution >= 4 is 18.2 Å². The van der Waals surface area contributed by atoms with E-state index in [-0.39, 0.29) is 6.32 Å². The molecule has 0 saturated carbocycles. The van der Waals surface area contributed by atoms with Crippen molar-refractivity contribution in [1.82, 2.24) is 9.55 Å². The van der Waals surface area contributed by atoms with Crippen LogP contribution in [-0.2, 0) is 12.9 Å². The number of aryl methyl sites for hydroxylation is 1. The fourth-order valence-electron chi connectivity index (χ4n) is 1.92. The topological polar surface area (TPSA) is 58.3 Å². The molecule has 2 rings (SSSR count). The molecule has 0 spiro atoms. The smallest absolute Gasteiger partial charge is 0.427 e.